The lowest BCUT2D eigenvalue weighted by Crippen LogP contribution is -2.45. The van der Waals surface area contributed by atoms with Gasteiger partial charge in [-0.1, -0.05) is 12.1 Å². The van der Waals surface area contributed by atoms with E-state index in [0.717, 1.165) is 5.56 Å². The van der Waals surface area contributed by atoms with E-state index in [-0.39, 0.29) is 17.4 Å². The summed E-state index contributed by atoms with van der Waals surface area (Å²) < 4.78 is 17.9. The SMILES string of the molecule is CC1(CCN)COC(=O)N1Cc1ccc(F)cc1. The van der Waals surface area contributed by atoms with Crippen molar-refractivity contribution in [3.8, 4) is 0 Å². The normalized spacial score (nSPS) is 23.3. The second-order valence-corrected chi connectivity index (χ2v) is 4.80. The van der Waals surface area contributed by atoms with Crippen LogP contribution in [0, 0.1) is 5.82 Å². The summed E-state index contributed by atoms with van der Waals surface area (Å²) in [7, 11) is 0. The zero-order valence-electron chi connectivity index (χ0n) is 10.4. The fraction of sp³-hybridized carbons (Fsp3) is 0.462. The summed E-state index contributed by atoms with van der Waals surface area (Å²) in [6.45, 7) is 3.21. The molecular formula is C13H17FN2O2. The standard InChI is InChI=1S/C13H17FN2O2/c1-13(6-7-15)9-18-12(17)16(13)8-10-2-4-11(14)5-3-10/h2-5H,6-9,15H2,1H3. The van der Waals surface area contributed by atoms with Crippen LogP contribution in [0.5, 0.6) is 0 Å². The van der Waals surface area contributed by atoms with Crippen LogP contribution in [0.15, 0.2) is 24.3 Å². The summed E-state index contributed by atoms with van der Waals surface area (Å²) in [4.78, 5) is 13.4. The van der Waals surface area contributed by atoms with Crippen molar-refractivity contribution in [3.05, 3.63) is 35.6 Å². The van der Waals surface area contributed by atoms with Crippen LogP contribution >= 0.6 is 0 Å². The second-order valence-electron chi connectivity index (χ2n) is 4.80. The van der Waals surface area contributed by atoms with Gasteiger partial charge in [0.15, 0.2) is 0 Å². The van der Waals surface area contributed by atoms with Crippen molar-refractivity contribution in [3.63, 3.8) is 0 Å². The first-order valence-corrected chi connectivity index (χ1v) is 5.94. The predicted octanol–water partition coefficient (Wildman–Crippen LogP) is 1.89. The van der Waals surface area contributed by atoms with E-state index in [1.807, 2.05) is 6.92 Å². The number of cyclic esters (lactones) is 1. The van der Waals surface area contributed by atoms with Gasteiger partial charge in [0.05, 0.1) is 5.54 Å². The van der Waals surface area contributed by atoms with E-state index >= 15 is 0 Å². The molecule has 1 aliphatic rings. The number of benzene rings is 1. The smallest absolute Gasteiger partial charge is 0.410 e. The molecule has 0 radical (unpaired) electrons. The van der Waals surface area contributed by atoms with Crippen LogP contribution in [-0.4, -0.2) is 29.7 Å². The molecule has 1 atom stereocenters. The maximum atomic E-state index is 12.8. The third kappa shape index (κ3) is 2.46. The summed E-state index contributed by atoms with van der Waals surface area (Å²) in [5, 5.41) is 0. The molecule has 1 unspecified atom stereocenters. The lowest BCUT2D eigenvalue weighted by Gasteiger charge is -2.31. The number of rotatable bonds is 4. The minimum absolute atomic E-state index is 0.285. The molecule has 98 valence electrons. The largest absolute Gasteiger partial charge is 0.447 e. The molecule has 18 heavy (non-hydrogen) atoms. The summed E-state index contributed by atoms with van der Waals surface area (Å²) in [5.41, 5.74) is 6.07. The van der Waals surface area contributed by atoms with Gasteiger partial charge in [-0.15, -0.1) is 0 Å². The molecule has 0 aromatic heterocycles. The first kappa shape index (κ1) is 12.8. The average molecular weight is 252 g/mol. The maximum absolute atomic E-state index is 12.8. The Morgan fingerprint density at radius 3 is 2.72 bits per heavy atom. The van der Waals surface area contributed by atoms with Gasteiger partial charge in [0.1, 0.15) is 12.4 Å². The van der Waals surface area contributed by atoms with Crippen molar-refractivity contribution in [2.45, 2.75) is 25.4 Å². The highest BCUT2D eigenvalue weighted by molar-refractivity contribution is 5.71. The van der Waals surface area contributed by atoms with E-state index in [1.54, 1.807) is 17.0 Å². The molecule has 5 heteroatoms. The number of nitrogens with zero attached hydrogens (tertiary/aromatic N) is 1. The number of nitrogens with two attached hydrogens (primary N) is 1. The molecule has 0 saturated carbocycles. The van der Waals surface area contributed by atoms with E-state index < -0.39 is 0 Å². The highest BCUT2D eigenvalue weighted by atomic mass is 19.1. The van der Waals surface area contributed by atoms with Crippen LogP contribution < -0.4 is 5.73 Å². The third-order valence-electron chi connectivity index (χ3n) is 3.32. The molecule has 1 aromatic carbocycles. The first-order chi connectivity index (χ1) is 8.55. The fourth-order valence-corrected chi connectivity index (χ4v) is 2.14. The van der Waals surface area contributed by atoms with Gasteiger partial charge in [-0.25, -0.2) is 9.18 Å². The van der Waals surface area contributed by atoms with Crippen LogP contribution in [0.25, 0.3) is 0 Å². The van der Waals surface area contributed by atoms with Crippen molar-refractivity contribution in [2.75, 3.05) is 13.2 Å². The van der Waals surface area contributed by atoms with Crippen molar-refractivity contribution in [1.82, 2.24) is 4.90 Å². The lowest BCUT2D eigenvalue weighted by atomic mass is 9.97. The van der Waals surface area contributed by atoms with Crippen molar-refractivity contribution in [1.29, 1.82) is 0 Å². The second kappa shape index (κ2) is 4.94. The van der Waals surface area contributed by atoms with E-state index in [2.05, 4.69) is 0 Å². The zero-order chi connectivity index (χ0) is 13.2. The molecule has 1 amide bonds. The average Bonchev–Trinajstić information content (AvgIpc) is 2.61. The number of carbonyl (C=O) groups is 1. The molecule has 2 N–H and O–H groups in total. The summed E-state index contributed by atoms with van der Waals surface area (Å²) in [6, 6.07) is 6.11. The van der Waals surface area contributed by atoms with Gasteiger partial charge in [0.25, 0.3) is 0 Å². The lowest BCUT2D eigenvalue weighted by molar-refractivity contribution is 0.148. The molecule has 0 spiro atoms. The molecule has 4 nitrogen and oxygen atoms in total. The van der Waals surface area contributed by atoms with Crippen LogP contribution in [0.3, 0.4) is 0 Å². The van der Waals surface area contributed by atoms with E-state index in [1.165, 1.54) is 12.1 Å². The van der Waals surface area contributed by atoms with Gasteiger partial charge in [-0.2, -0.15) is 0 Å². The predicted molar refractivity (Wildman–Crippen MR) is 65.4 cm³/mol. The summed E-state index contributed by atoms with van der Waals surface area (Å²) in [5.74, 6) is -0.285. The molecule has 0 bridgehead atoms. The van der Waals surface area contributed by atoms with Gasteiger partial charge in [0.2, 0.25) is 0 Å². The third-order valence-corrected chi connectivity index (χ3v) is 3.32. The van der Waals surface area contributed by atoms with Gasteiger partial charge in [0, 0.05) is 6.54 Å². The molecule has 1 aliphatic heterocycles. The van der Waals surface area contributed by atoms with E-state index in [9.17, 15) is 9.18 Å². The van der Waals surface area contributed by atoms with Gasteiger partial charge < -0.3 is 10.5 Å². The zero-order valence-corrected chi connectivity index (χ0v) is 10.4. The Morgan fingerprint density at radius 2 is 2.11 bits per heavy atom. The van der Waals surface area contributed by atoms with Crippen molar-refractivity contribution >= 4 is 6.09 Å². The van der Waals surface area contributed by atoms with Crippen molar-refractivity contribution in [2.24, 2.45) is 5.73 Å². The van der Waals surface area contributed by atoms with Gasteiger partial charge >= 0.3 is 6.09 Å². The Morgan fingerprint density at radius 1 is 1.44 bits per heavy atom. The Hall–Kier alpha value is -1.62. The number of hydrogen-bond acceptors (Lipinski definition) is 3. The Balaban J connectivity index is 2.15. The quantitative estimate of drug-likeness (QED) is 0.890. The number of ether oxygens (including phenoxy) is 1. The molecular weight excluding hydrogens is 235 g/mol. The fourth-order valence-electron chi connectivity index (χ4n) is 2.14. The topological polar surface area (TPSA) is 55.6 Å². The highest BCUT2D eigenvalue weighted by Crippen LogP contribution is 2.28. The minimum Gasteiger partial charge on any atom is -0.447 e. The molecule has 1 aromatic rings. The minimum atomic E-state index is -0.375. The monoisotopic (exact) mass is 252 g/mol. The van der Waals surface area contributed by atoms with Gasteiger partial charge in [-0.3, -0.25) is 4.90 Å². The van der Waals surface area contributed by atoms with Crippen LogP contribution in [0.2, 0.25) is 0 Å². The number of hydrogen-bond donors (Lipinski definition) is 1. The molecule has 1 heterocycles. The Labute approximate surface area is 106 Å². The number of halogens is 1. The highest BCUT2D eigenvalue weighted by Gasteiger charge is 2.42. The first-order valence-electron chi connectivity index (χ1n) is 5.94. The Kier molecular flexibility index (Phi) is 3.52. The Bertz CT molecular complexity index is 435. The van der Waals surface area contributed by atoms with Gasteiger partial charge in [-0.05, 0) is 37.6 Å². The number of amides is 1. The maximum Gasteiger partial charge on any atom is 0.410 e. The molecule has 1 fully saturated rings. The van der Waals surface area contributed by atoms with Crippen LogP contribution in [0.1, 0.15) is 18.9 Å². The van der Waals surface area contributed by atoms with E-state index in [4.69, 9.17) is 10.5 Å². The van der Waals surface area contributed by atoms with Crippen LogP contribution in [0.4, 0.5) is 9.18 Å². The summed E-state index contributed by atoms with van der Waals surface area (Å²) in [6.07, 6.45) is 0.343. The van der Waals surface area contributed by atoms with Crippen LogP contribution in [-0.2, 0) is 11.3 Å². The molecule has 1 saturated heterocycles. The van der Waals surface area contributed by atoms with Crippen molar-refractivity contribution < 1.29 is 13.9 Å². The van der Waals surface area contributed by atoms with E-state index in [0.29, 0.717) is 26.1 Å². The summed E-state index contributed by atoms with van der Waals surface area (Å²) >= 11 is 0. The molecule has 2 rings (SSSR count). The number of carbonyl (C=O) groups excluding carboxylic acids is 1. The molecule has 0 aliphatic carbocycles.